The number of fused-ring (bicyclic) bond motifs is 1. The molecule has 1 radical (unpaired) electrons. The summed E-state index contributed by atoms with van der Waals surface area (Å²) in [6.07, 6.45) is 8.07. The standard InChI is InChI=1S/C13H20BN2O2/c1-12(2,17)13(3,4)18-14-10-7-9-5-6-15-11(9)16-8-10/h5-8,11,15-17H,1-4H3. The first kappa shape index (κ1) is 13.2. The summed E-state index contributed by atoms with van der Waals surface area (Å²) in [5, 5.41) is 16.4. The highest BCUT2D eigenvalue weighted by molar-refractivity contribution is 6.39. The van der Waals surface area contributed by atoms with E-state index >= 15 is 0 Å². The molecule has 1 unspecified atom stereocenters. The Bertz CT molecular complexity index is 419. The van der Waals surface area contributed by atoms with E-state index in [0.717, 1.165) is 5.47 Å². The molecule has 0 aromatic heterocycles. The summed E-state index contributed by atoms with van der Waals surface area (Å²) in [5.41, 5.74) is 0.573. The molecular formula is C13H20BN2O2. The van der Waals surface area contributed by atoms with E-state index < -0.39 is 11.2 Å². The van der Waals surface area contributed by atoms with E-state index in [1.807, 2.05) is 32.3 Å². The molecule has 0 aromatic rings. The Balaban J connectivity index is 1.96. The minimum absolute atomic E-state index is 0.171. The van der Waals surface area contributed by atoms with Gasteiger partial charge in [0.05, 0.1) is 11.2 Å². The lowest BCUT2D eigenvalue weighted by molar-refractivity contribution is -0.0896. The molecule has 2 aliphatic heterocycles. The average molecular weight is 247 g/mol. The maximum atomic E-state index is 10.0. The molecule has 0 aliphatic carbocycles. The Morgan fingerprint density at radius 1 is 1.28 bits per heavy atom. The Morgan fingerprint density at radius 2 is 2.00 bits per heavy atom. The van der Waals surface area contributed by atoms with Gasteiger partial charge in [-0.05, 0) is 57.2 Å². The molecule has 18 heavy (non-hydrogen) atoms. The Hall–Kier alpha value is -1.20. The number of hydrogen-bond donors (Lipinski definition) is 3. The molecule has 3 N–H and O–H groups in total. The highest BCUT2D eigenvalue weighted by Crippen LogP contribution is 2.25. The first-order valence-corrected chi connectivity index (χ1v) is 6.13. The van der Waals surface area contributed by atoms with Crippen LogP contribution in [0, 0.1) is 0 Å². The molecule has 0 fully saturated rings. The molecule has 0 bridgehead atoms. The molecule has 2 rings (SSSR count). The van der Waals surface area contributed by atoms with Crippen LogP contribution in [0.5, 0.6) is 0 Å². The molecule has 0 spiro atoms. The molecule has 0 aromatic carbocycles. The lowest BCUT2D eigenvalue weighted by Crippen LogP contribution is -2.48. The third kappa shape index (κ3) is 2.62. The number of nitrogens with one attached hydrogen (secondary N) is 2. The van der Waals surface area contributed by atoms with Crippen molar-refractivity contribution in [3.63, 3.8) is 0 Å². The fraction of sp³-hybridized carbons (Fsp3) is 0.538. The zero-order chi connectivity index (χ0) is 13.4. The highest BCUT2D eigenvalue weighted by Gasteiger charge is 2.36. The van der Waals surface area contributed by atoms with Gasteiger partial charge in [0.25, 0.3) is 0 Å². The number of hydrogen-bond acceptors (Lipinski definition) is 4. The molecule has 0 amide bonds. The van der Waals surface area contributed by atoms with Crippen LogP contribution in [0.4, 0.5) is 0 Å². The highest BCUT2D eigenvalue weighted by atomic mass is 16.5. The van der Waals surface area contributed by atoms with Gasteiger partial charge in [0.2, 0.25) is 0 Å². The zero-order valence-corrected chi connectivity index (χ0v) is 11.3. The monoisotopic (exact) mass is 247 g/mol. The maximum Gasteiger partial charge on any atom is 0.332 e. The van der Waals surface area contributed by atoms with Gasteiger partial charge < -0.3 is 20.4 Å². The van der Waals surface area contributed by atoms with E-state index in [-0.39, 0.29) is 6.17 Å². The Morgan fingerprint density at radius 3 is 2.67 bits per heavy atom. The van der Waals surface area contributed by atoms with Crippen LogP contribution in [0.25, 0.3) is 0 Å². The molecule has 0 saturated heterocycles. The third-order valence-corrected chi connectivity index (χ3v) is 3.59. The number of rotatable bonds is 4. The van der Waals surface area contributed by atoms with Crippen LogP contribution >= 0.6 is 0 Å². The molecular weight excluding hydrogens is 227 g/mol. The third-order valence-electron chi connectivity index (χ3n) is 3.59. The largest absolute Gasteiger partial charge is 0.427 e. The molecule has 2 aliphatic rings. The van der Waals surface area contributed by atoms with Crippen molar-refractivity contribution in [2.24, 2.45) is 0 Å². The van der Waals surface area contributed by atoms with Gasteiger partial charge in [-0.3, -0.25) is 0 Å². The first-order valence-electron chi connectivity index (χ1n) is 6.13. The smallest absolute Gasteiger partial charge is 0.332 e. The van der Waals surface area contributed by atoms with Crippen LogP contribution in [0.15, 0.2) is 35.6 Å². The summed E-state index contributed by atoms with van der Waals surface area (Å²) in [6, 6.07) is 0. The van der Waals surface area contributed by atoms with Crippen molar-refractivity contribution in [1.29, 1.82) is 0 Å². The molecule has 97 valence electrons. The summed E-state index contributed by atoms with van der Waals surface area (Å²) in [4.78, 5) is 0. The van der Waals surface area contributed by atoms with E-state index in [2.05, 4.69) is 16.7 Å². The number of allylic oxidation sites excluding steroid dienone is 2. The van der Waals surface area contributed by atoms with Gasteiger partial charge in [-0.1, -0.05) is 6.08 Å². The number of dihydropyridines is 1. The second-order valence-electron chi connectivity index (χ2n) is 5.69. The van der Waals surface area contributed by atoms with Crippen LogP contribution in [-0.2, 0) is 4.65 Å². The van der Waals surface area contributed by atoms with Crippen LogP contribution in [0.2, 0.25) is 0 Å². The van der Waals surface area contributed by atoms with Crippen LogP contribution in [0.3, 0.4) is 0 Å². The van der Waals surface area contributed by atoms with E-state index in [0.29, 0.717) is 0 Å². The van der Waals surface area contributed by atoms with Gasteiger partial charge in [-0.25, -0.2) is 0 Å². The molecule has 2 heterocycles. The SMILES string of the molecule is CC(C)(O)C(C)(C)O[B]C1=CNC2NC=CC2=C1. The fourth-order valence-corrected chi connectivity index (χ4v) is 1.55. The average Bonchev–Trinajstić information content (AvgIpc) is 2.71. The van der Waals surface area contributed by atoms with Gasteiger partial charge in [0.15, 0.2) is 0 Å². The van der Waals surface area contributed by atoms with Crippen LogP contribution < -0.4 is 10.6 Å². The van der Waals surface area contributed by atoms with Gasteiger partial charge >= 0.3 is 7.48 Å². The van der Waals surface area contributed by atoms with Gasteiger partial charge in [-0.15, -0.1) is 0 Å². The topological polar surface area (TPSA) is 53.5 Å². The summed E-state index contributed by atoms with van der Waals surface area (Å²) in [6.45, 7) is 7.22. The van der Waals surface area contributed by atoms with E-state index in [1.165, 1.54) is 5.57 Å². The lowest BCUT2D eigenvalue weighted by Gasteiger charge is -2.37. The van der Waals surface area contributed by atoms with Crippen molar-refractivity contribution in [3.05, 3.63) is 35.6 Å². The lowest BCUT2D eigenvalue weighted by atomic mass is 9.81. The second-order valence-corrected chi connectivity index (χ2v) is 5.69. The van der Waals surface area contributed by atoms with Crippen molar-refractivity contribution in [2.75, 3.05) is 0 Å². The van der Waals surface area contributed by atoms with Crippen molar-refractivity contribution in [3.8, 4) is 0 Å². The second kappa shape index (κ2) is 4.48. The van der Waals surface area contributed by atoms with E-state index in [9.17, 15) is 5.11 Å². The van der Waals surface area contributed by atoms with Crippen molar-refractivity contribution < 1.29 is 9.76 Å². The van der Waals surface area contributed by atoms with Gasteiger partial charge in [0, 0.05) is 0 Å². The first-order chi connectivity index (χ1) is 8.29. The summed E-state index contributed by atoms with van der Waals surface area (Å²) in [5.74, 6) is 0. The summed E-state index contributed by atoms with van der Waals surface area (Å²) >= 11 is 0. The minimum Gasteiger partial charge on any atom is -0.427 e. The van der Waals surface area contributed by atoms with E-state index in [1.54, 1.807) is 21.3 Å². The predicted octanol–water partition coefficient (Wildman–Crippen LogP) is 0.986. The maximum absolute atomic E-state index is 10.0. The normalized spacial score (nSPS) is 22.6. The van der Waals surface area contributed by atoms with Crippen molar-refractivity contribution in [1.82, 2.24) is 10.6 Å². The fourth-order valence-electron chi connectivity index (χ4n) is 1.55. The van der Waals surface area contributed by atoms with Gasteiger partial charge in [0.1, 0.15) is 6.17 Å². The van der Waals surface area contributed by atoms with Crippen molar-refractivity contribution in [2.45, 2.75) is 45.1 Å². The number of aliphatic hydroxyl groups is 1. The van der Waals surface area contributed by atoms with Crippen LogP contribution in [-0.4, -0.2) is 30.0 Å². The summed E-state index contributed by atoms with van der Waals surface area (Å²) < 4.78 is 5.71. The molecule has 5 heteroatoms. The molecule has 4 nitrogen and oxygen atoms in total. The Kier molecular flexibility index (Phi) is 3.30. The van der Waals surface area contributed by atoms with Gasteiger partial charge in [-0.2, -0.15) is 0 Å². The van der Waals surface area contributed by atoms with E-state index in [4.69, 9.17) is 4.65 Å². The zero-order valence-electron chi connectivity index (χ0n) is 11.3. The van der Waals surface area contributed by atoms with Crippen LogP contribution in [0.1, 0.15) is 27.7 Å². The minimum atomic E-state index is -0.906. The predicted molar refractivity (Wildman–Crippen MR) is 72.6 cm³/mol. The van der Waals surface area contributed by atoms with Crippen molar-refractivity contribution >= 4 is 7.48 Å². The summed E-state index contributed by atoms with van der Waals surface area (Å²) in [7, 11) is 1.68. The quantitative estimate of drug-likeness (QED) is 0.648. The molecule has 0 saturated carbocycles. The Labute approximate surface area is 109 Å². The molecule has 1 atom stereocenters.